The highest BCUT2D eigenvalue weighted by Crippen LogP contribution is 2.19. The number of amides is 1. The molecular weight excluding hydrogens is 298 g/mol. The maximum Gasteiger partial charge on any atom is 0.408 e. The first kappa shape index (κ1) is 17.1. The number of nitrogens with one attached hydrogen (secondary N) is 1. The van der Waals surface area contributed by atoms with E-state index in [0.29, 0.717) is 17.2 Å². The third kappa shape index (κ3) is 4.38. The zero-order valence-corrected chi connectivity index (χ0v) is 14.1. The first-order valence-corrected chi connectivity index (χ1v) is 7.53. The van der Waals surface area contributed by atoms with Crippen LogP contribution in [0, 0.1) is 5.92 Å². The van der Waals surface area contributed by atoms with Crippen LogP contribution in [-0.4, -0.2) is 36.6 Å². The molecule has 0 aliphatic rings. The summed E-state index contributed by atoms with van der Waals surface area (Å²) in [6, 6.07) is 3.46. The van der Waals surface area contributed by atoms with E-state index in [1.807, 2.05) is 13.8 Å². The zero-order valence-electron chi connectivity index (χ0n) is 14.1. The summed E-state index contributed by atoms with van der Waals surface area (Å²) in [4.78, 5) is 11.7. The molecule has 23 heavy (non-hydrogen) atoms. The van der Waals surface area contributed by atoms with Crippen LogP contribution < -0.4 is 5.32 Å². The van der Waals surface area contributed by atoms with Gasteiger partial charge in [-0.25, -0.2) is 4.79 Å². The van der Waals surface area contributed by atoms with Gasteiger partial charge in [-0.15, -0.1) is 10.2 Å². The van der Waals surface area contributed by atoms with Crippen molar-refractivity contribution in [1.29, 1.82) is 0 Å². The van der Waals surface area contributed by atoms with Gasteiger partial charge in [0.15, 0.2) is 11.5 Å². The van der Waals surface area contributed by atoms with E-state index < -0.39 is 17.8 Å². The van der Waals surface area contributed by atoms with Gasteiger partial charge in [0.1, 0.15) is 11.7 Å². The Balaban J connectivity index is 2.15. The fraction of sp³-hybridized carbons (Fsp3) is 0.600. The summed E-state index contributed by atoms with van der Waals surface area (Å²) >= 11 is 0. The Kier molecular flexibility index (Phi) is 4.84. The quantitative estimate of drug-likeness (QED) is 0.891. The first-order chi connectivity index (χ1) is 10.7. The molecule has 0 aliphatic carbocycles. The van der Waals surface area contributed by atoms with Crippen LogP contribution in [-0.2, 0) is 11.3 Å². The van der Waals surface area contributed by atoms with Crippen LogP contribution in [0.5, 0.6) is 0 Å². The first-order valence-electron chi connectivity index (χ1n) is 7.53. The number of carbonyl (C=O) groups excluding carboxylic acids is 1. The standard InChI is InChI=1S/C15H23N5O3/c1-9(2)13(21)10-6-7-11-17-18-12(20(11)19-10)8-16-14(22)23-15(3,4)5/h6-7,9,13,21H,8H2,1-5H3,(H,16,22). The average Bonchev–Trinajstić information content (AvgIpc) is 2.84. The van der Waals surface area contributed by atoms with Gasteiger partial charge < -0.3 is 15.2 Å². The van der Waals surface area contributed by atoms with Gasteiger partial charge in [0.2, 0.25) is 0 Å². The molecule has 0 aliphatic heterocycles. The molecule has 0 radical (unpaired) electrons. The molecule has 126 valence electrons. The lowest BCUT2D eigenvalue weighted by atomic mass is 10.0. The minimum Gasteiger partial charge on any atom is -0.444 e. The fourth-order valence-electron chi connectivity index (χ4n) is 1.92. The molecule has 2 N–H and O–H groups in total. The summed E-state index contributed by atoms with van der Waals surface area (Å²) in [6.07, 6.45) is -1.21. The predicted octanol–water partition coefficient (Wildman–Crippen LogP) is 1.84. The van der Waals surface area contributed by atoms with Gasteiger partial charge in [-0.3, -0.25) is 0 Å². The van der Waals surface area contributed by atoms with E-state index in [9.17, 15) is 9.90 Å². The number of hydrogen-bond acceptors (Lipinski definition) is 6. The smallest absolute Gasteiger partial charge is 0.408 e. The molecule has 0 spiro atoms. The van der Waals surface area contributed by atoms with Crippen LogP contribution in [0.25, 0.3) is 5.65 Å². The summed E-state index contributed by atoms with van der Waals surface area (Å²) < 4.78 is 6.69. The molecule has 0 saturated carbocycles. The summed E-state index contributed by atoms with van der Waals surface area (Å²) in [6.45, 7) is 9.33. The van der Waals surface area contributed by atoms with Gasteiger partial charge in [0.25, 0.3) is 0 Å². The lowest BCUT2D eigenvalue weighted by Crippen LogP contribution is -2.32. The second-order valence-electron chi connectivity index (χ2n) is 6.69. The molecule has 8 nitrogen and oxygen atoms in total. The molecule has 0 aromatic carbocycles. The SMILES string of the molecule is CC(C)C(O)c1ccc2nnc(CNC(=O)OC(C)(C)C)n2n1. The molecule has 0 bridgehead atoms. The Hall–Kier alpha value is -2.22. The highest BCUT2D eigenvalue weighted by atomic mass is 16.6. The third-order valence-electron chi connectivity index (χ3n) is 3.07. The Morgan fingerprint density at radius 3 is 2.65 bits per heavy atom. The van der Waals surface area contributed by atoms with Crippen molar-refractivity contribution in [3.8, 4) is 0 Å². The van der Waals surface area contributed by atoms with Crippen LogP contribution in [0.15, 0.2) is 12.1 Å². The van der Waals surface area contributed by atoms with Crippen LogP contribution in [0.4, 0.5) is 4.79 Å². The van der Waals surface area contributed by atoms with Crippen molar-refractivity contribution in [3.63, 3.8) is 0 Å². The number of carbonyl (C=O) groups is 1. The van der Waals surface area contributed by atoms with Crippen molar-refractivity contribution in [3.05, 3.63) is 23.7 Å². The number of fused-ring (bicyclic) bond motifs is 1. The van der Waals surface area contributed by atoms with E-state index in [-0.39, 0.29) is 12.5 Å². The van der Waals surface area contributed by atoms with E-state index in [1.54, 1.807) is 32.9 Å². The highest BCUT2D eigenvalue weighted by Gasteiger charge is 2.18. The van der Waals surface area contributed by atoms with E-state index in [0.717, 1.165) is 0 Å². The Morgan fingerprint density at radius 1 is 1.35 bits per heavy atom. The lowest BCUT2D eigenvalue weighted by molar-refractivity contribution is 0.0521. The Labute approximate surface area is 134 Å². The monoisotopic (exact) mass is 321 g/mol. The maximum absolute atomic E-state index is 11.7. The van der Waals surface area contributed by atoms with Gasteiger partial charge in [0.05, 0.1) is 12.2 Å². The molecular formula is C15H23N5O3. The van der Waals surface area contributed by atoms with Crippen LogP contribution in [0.3, 0.4) is 0 Å². The molecule has 1 atom stereocenters. The molecule has 8 heteroatoms. The molecule has 2 heterocycles. The van der Waals surface area contributed by atoms with Crippen molar-refractivity contribution < 1.29 is 14.6 Å². The molecule has 1 unspecified atom stereocenters. The summed E-state index contributed by atoms with van der Waals surface area (Å²) in [5.41, 5.74) is 0.514. The topological polar surface area (TPSA) is 102 Å². The van der Waals surface area contributed by atoms with Crippen molar-refractivity contribution >= 4 is 11.7 Å². The van der Waals surface area contributed by atoms with Crippen LogP contribution in [0.1, 0.15) is 52.2 Å². The molecule has 0 fully saturated rings. The lowest BCUT2D eigenvalue weighted by Gasteiger charge is -2.19. The number of hydrogen-bond donors (Lipinski definition) is 2. The van der Waals surface area contributed by atoms with Crippen molar-refractivity contribution in [2.75, 3.05) is 0 Å². The number of rotatable bonds is 4. The van der Waals surface area contributed by atoms with Crippen molar-refractivity contribution in [2.24, 2.45) is 5.92 Å². The Morgan fingerprint density at radius 2 is 2.04 bits per heavy atom. The van der Waals surface area contributed by atoms with Crippen LogP contribution >= 0.6 is 0 Å². The van der Waals surface area contributed by atoms with Gasteiger partial charge in [-0.05, 0) is 38.8 Å². The maximum atomic E-state index is 11.7. The number of aromatic nitrogens is 4. The Bertz CT molecular complexity index is 690. The normalized spacial score (nSPS) is 13.3. The number of alkyl carbamates (subject to hydrolysis) is 1. The molecule has 2 rings (SSSR count). The van der Waals surface area contributed by atoms with E-state index in [4.69, 9.17) is 4.74 Å². The van der Waals surface area contributed by atoms with Gasteiger partial charge in [-0.1, -0.05) is 13.8 Å². The summed E-state index contributed by atoms with van der Waals surface area (Å²) in [5, 5.41) is 25.1. The number of nitrogens with zero attached hydrogens (tertiary/aromatic N) is 4. The van der Waals surface area contributed by atoms with E-state index >= 15 is 0 Å². The van der Waals surface area contributed by atoms with Gasteiger partial charge in [-0.2, -0.15) is 9.61 Å². The third-order valence-corrected chi connectivity index (χ3v) is 3.07. The largest absolute Gasteiger partial charge is 0.444 e. The van der Waals surface area contributed by atoms with E-state index in [2.05, 4.69) is 20.6 Å². The number of aliphatic hydroxyl groups is 1. The molecule has 0 saturated heterocycles. The average molecular weight is 321 g/mol. The number of ether oxygens (including phenoxy) is 1. The zero-order chi connectivity index (χ0) is 17.2. The predicted molar refractivity (Wildman–Crippen MR) is 83.7 cm³/mol. The van der Waals surface area contributed by atoms with E-state index in [1.165, 1.54) is 4.52 Å². The van der Waals surface area contributed by atoms with Crippen molar-refractivity contribution in [2.45, 2.75) is 52.9 Å². The van der Waals surface area contributed by atoms with Gasteiger partial charge >= 0.3 is 6.09 Å². The van der Waals surface area contributed by atoms with Gasteiger partial charge in [0, 0.05) is 0 Å². The summed E-state index contributed by atoms with van der Waals surface area (Å²) in [5.74, 6) is 0.503. The highest BCUT2D eigenvalue weighted by molar-refractivity contribution is 5.67. The second-order valence-corrected chi connectivity index (χ2v) is 6.69. The summed E-state index contributed by atoms with van der Waals surface area (Å²) in [7, 11) is 0. The molecule has 1 amide bonds. The minimum absolute atomic E-state index is 0.0415. The molecule has 2 aromatic rings. The number of aliphatic hydroxyl groups excluding tert-OH is 1. The molecule has 2 aromatic heterocycles. The van der Waals surface area contributed by atoms with Crippen LogP contribution in [0.2, 0.25) is 0 Å². The minimum atomic E-state index is -0.673. The fourth-order valence-corrected chi connectivity index (χ4v) is 1.92. The second kappa shape index (κ2) is 6.49. The van der Waals surface area contributed by atoms with Crippen molar-refractivity contribution in [1.82, 2.24) is 25.1 Å².